The van der Waals surface area contributed by atoms with Gasteiger partial charge in [-0.1, -0.05) is 0 Å². The van der Waals surface area contributed by atoms with Crippen LogP contribution in [0.2, 0.25) is 0 Å². The molecule has 3 N–H and O–H groups in total. The van der Waals surface area contributed by atoms with Crippen LogP contribution in [-0.2, 0) is 4.74 Å². The smallest absolute Gasteiger partial charge is 0.0468 e. The zero-order chi connectivity index (χ0) is 14.3. The Hall–Kier alpha value is -0.120. The van der Waals surface area contributed by atoms with Gasteiger partial charge in [0.2, 0.25) is 0 Å². The van der Waals surface area contributed by atoms with Gasteiger partial charge in [-0.15, -0.1) is 0 Å². The van der Waals surface area contributed by atoms with Gasteiger partial charge >= 0.3 is 0 Å². The van der Waals surface area contributed by atoms with Crippen LogP contribution in [-0.4, -0.2) is 19.3 Å². The Labute approximate surface area is 129 Å². The lowest BCUT2D eigenvalue weighted by molar-refractivity contribution is -0.0638. The standard InChI is InChI=1S/C18H32N2O/c19-20-17(8-13-1-3-21-4-2-13)12-18-9-14-5-15(10-18)7-16(6-14)11-18/h13-17,20H,1-12,19H2. The van der Waals surface area contributed by atoms with Crippen LogP contribution in [0.1, 0.15) is 64.2 Å². The topological polar surface area (TPSA) is 47.3 Å². The lowest BCUT2D eigenvalue weighted by atomic mass is 9.48. The quantitative estimate of drug-likeness (QED) is 0.604. The first-order chi connectivity index (χ1) is 10.2. The summed E-state index contributed by atoms with van der Waals surface area (Å²) in [6, 6.07) is 0.532. The average Bonchev–Trinajstić information content (AvgIpc) is 2.46. The summed E-state index contributed by atoms with van der Waals surface area (Å²) in [5.41, 5.74) is 3.83. The summed E-state index contributed by atoms with van der Waals surface area (Å²) in [5, 5.41) is 0. The zero-order valence-electron chi connectivity index (χ0n) is 13.4. The van der Waals surface area contributed by atoms with E-state index in [1.807, 2.05) is 0 Å². The molecule has 0 aromatic carbocycles. The summed E-state index contributed by atoms with van der Waals surface area (Å²) in [6.45, 7) is 1.92. The van der Waals surface area contributed by atoms with Crippen molar-refractivity contribution in [2.24, 2.45) is 34.9 Å². The summed E-state index contributed by atoms with van der Waals surface area (Å²) in [6.07, 6.45) is 14.2. The van der Waals surface area contributed by atoms with Gasteiger partial charge in [-0.25, -0.2) is 0 Å². The van der Waals surface area contributed by atoms with Gasteiger partial charge in [0, 0.05) is 19.3 Å². The summed E-state index contributed by atoms with van der Waals surface area (Å²) >= 11 is 0. The van der Waals surface area contributed by atoms with Gasteiger partial charge < -0.3 is 4.74 Å². The number of hydrogen-bond acceptors (Lipinski definition) is 3. The van der Waals surface area contributed by atoms with Crippen LogP contribution >= 0.6 is 0 Å². The van der Waals surface area contributed by atoms with Gasteiger partial charge in [0.25, 0.3) is 0 Å². The van der Waals surface area contributed by atoms with E-state index >= 15 is 0 Å². The molecule has 4 saturated carbocycles. The van der Waals surface area contributed by atoms with Crippen LogP contribution in [0, 0.1) is 29.1 Å². The normalized spacial score (nSPS) is 44.1. The number of rotatable bonds is 5. The SMILES string of the molecule is NNC(CC1CCOCC1)CC12CC3CC(CC(C3)C1)C2. The van der Waals surface area contributed by atoms with Crippen molar-refractivity contribution < 1.29 is 4.74 Å². The average molecular weight is 292 g/mol. The van der Waals surface area contributed by atoms with E-state index in [1.54, 1.807) is 19.3 Å². The first kappa shape index (κ1) is 14.5. The fourth-order valence-corrected chi connectivity index (χ4v) is 6.66. The third-order valence-electron chi connectivity index (χ3n) is 7.04. The summed E-state index contributed by atoms with van der Waals surface area (Å²) in [4.78, 5) is 0. The first-order valence-electron chi connectivity index (χ1n) is 9.28. The molecule has 1 atom stereocenters. The van der Waals surface area contributed by atoms with E-state index in [1.165, 1.54) is 44.9 Å². The molecule has 3 heteroatoms. The van der Waals surface area contributed by atoms with Crippen molar-refractivity contribution in [3.63, 3.8) is 0 Å². The lowest BCUT2D eigenvalue weighted by Gasteiger charge is -2.57. The molecule has 120 valence electrons. The van der Waals surface area contributed by atoms with Crippen molar-refractivity contribution in [2.75, 3.05) is 13.2 Å². The molecule has 0 aromatic rings. The van der Waals surface area contributed by atoms with Crippen LogP contribution in [0.4, 0.5) is 0 Å². The molecule has 4 bridgehead atoms. The van der Waals surface area contributed by atoms with E-state index in [0.717, 1.165) is 36.9 Å². The number of nitrogens with one attached hydrogen (secondary N) is 1. The fraction of sp³-hybridized carbons (Fsp3) is 1.00. The van der Waals surface area contributed by atoms with Gasteiger partial charge in [-0.3, -0.25) is 11.3 Å². The van der Waals surface area contributed by atoms with Crippen LogP contribution in [0.5, 0.6) is 0 Å². The van der Waals surface area contributed by atoms with Crippen molar-refractivity contribution in [1.82, 2.24) is 5.43 Å². The Kier molecular flexibility index (Phi) is 4.01. The van der Waals surface area contributed by atoms with E-state index in [0.29, 0.717) is 11.5 Å². The molecule has 5 aliphatic rings. The second-order valence-electron chi connectivity index (χ2n) is 8.78. The first-order valence-corrected chi connectivity index (χ1v) is 9.28. The molecule has 3 nitrogen and oxygen atoms in total. The van der Waals surface area contributed by atoms with Crippen LogP contribution in [0.3, 0.4) is 0 Å². The molecular formula is C18H32N2O. The van der Waals surface area contributed by atoms with Crippen molar-refractivity contribution in [3.8, 4) is 0 Å². The van der Waals surface area contributed by atoms with E-state index in [9.17, 15) is 0 Å². The highest BCUT2D eigenvalue weighted by atomic mass is 16.5. The van der Waals surface area contributed by atoms with Gasteiger partial charge in [0.1, 0.15) is 0 Å². The van der Waals surface area contributed by atoms with E-state index in [-0.39, 0.29) is 0 Å². The summed E-state index contributed by atoms with van der Waals surface area (Å²) in [7, 11) is 0. The van der Waals surface area contributed by atoms with E-state index in [4.69, 9.17) is 10.6 Å². The minimum absolute atomic E-state index is 0.532. The van der Waals surface area contributed by atoms with Crippen molar-refractivity contribution in [3.05, 3.63) is 0 Å². The summed E-state index contributed by atoms with van der Waals surface area (Å²) in [5.74, 6) is 9.93. The molecule has 0 amide bonds. The fourth-order valence-electron chi connectivity index (χ4n) is 6.66. The van der Waals surface area contributed by atoms with Crippen molar-refractivity contribution in [1.29, 1.82) is 0 Å². The van der Waals surface area contributed by atoms with Gasteiger partial charge in [-0.05, 0) is 93.3 Å². The predicted octanol–water partition coefficient (Wildman–Crippen LogP) is 3.24. The van der Waals surface area contributed by atoms with Crippen LogP contribution in [0.15, 0.2) is 0 Å². The van der Waals surface area contributed by atoms with E-state index < -0.39 is 0 Å². The minimum atomic E-state index is 0.532. The molecular weight excluding hydrogens is 260 g/mol. The Morgan fingerprint density at radius 3 is 2.10 bits per heavy atom. The van der Waals surface area contributed by atoms with Gasteiger partial charge in [0.05, 0.1) is 0 Å². The van der Waals surface area contributed by atoms with E-state index in [2.05, 4.69) is 5.43 Å². The molecule has 1 saturated heterocycles. The molecule has 1 unspecified atom stereocenters. The molecule has 0 radical (unpaired) electrons. The maximum Gasteiger partial charge on any atom is 0.0468 e. The maximum atomic E-state index is 5.94. The predicted molar refractivity (Wildman–Crippen MR) is 84.5 cm³/mol. The van der Waals surface area contributed by atoms with Crippen molar-refractivity contribution >= 4 is 0 Å². The highest BCUT2D eigenvalue weighted by molar-refractivity contribution is 5.02. The summed E-state index contributed by atoms with van der Waals surface area (Å²) < 4.78 is 5.50. The highest BCUT2D eigenvalue weighted by Crippen LogP contribution is 2.61. The molecule has 5 rings (SSSR count). The molecule has 1 heterocycles. The van der Waals surface area contributed by atoms with Crippen molar-refractivity contribution in [2.45, 2.75) is 70.3 Å². The molecule has 0 aromatic heterocycles. The Balaban J connectivity index is 1.39. The molecule has 0 spiro atoms. The largest absolute Gasteiger partial charge is 0.381 e. The zero-order valence-corrected chi connectivity index (χ0v) is 13.4. The highest BCUT2D eigenvalue weighted by Gasteiger charge is 2.51. The molecule has 4 aliphatic carbocycles. The third-order valence-corrected chi connectivity index (χ3v) is 7.04. The minimum Gasteiger partial charge on any atom is -0.381 e. The Morgan fingerprint density at radius 2 is 1.57 bits per heavy atom. The number of hydrazine groups is 1. The van der Waals surface area contributed by atoms with Crippen LogP contribution in [0.25, 0.3) is 0 Å². The second kappa shape index (κ2) is 5.82. The number of hydrogen-bond donors (Lipinski definition) is 2. The number of ether oxygens (including phenoxy) is 1. The number of nitrogens with two attached hydrogens (primary N) is 1. The monoisotopic (exact) mass is 292 g/mol. The molecule has 1 aliphatic heterocycles. The van der Waals surface area contributed by atoms with Gasteiger partial charge in [0.15, 0.2) is 0 Å². The molecule has 5 fully saturated rings. The van der Waals surface area contributed by atoms with Gasteiger partial charge in [-0.2, -0.15) is 0 Å². The second-order valence-corrected chi connectivity index (χ2v) is 8.78. The van der Waals surface area contributed by atoms with Crippen LogP contribution < -0.4 is 11.3 Å². The third kappa shape index (κ3) is 3.02. The molecule has 21 heavy (non-hydrogen) atoms. The lowest BCUT2D eigenvalue weighted by Crippen LogP contribution is -2.50. The Bertz CT molecular complexity index is 329. The maximum absolute atomic E-state index is 5.94. The Morgan fingerprint density at radius 1 is 1.00 bits per heavy atom.